The van der Waals surface area contributed by atoms with Crippen molar-refractivity contribution < 1.29 is 0 Å². The minimum Gasteiger partial charge on any atom is -0.308 e. The molecule has 0 N–H and O–H groups in total. The third-order valence-corrected chi connectivity index (χ3v) is 5.90. The first kappa shape index (κ1) is 18.1. The van der Waals surface area contributed by atoms with Crippen LogP contribution in [0.2, 0.25) is 0 Å². The topological polar surface area (TPSA) is 41.6 Å². The van der Waals surface area contributed by atoms with E-state index in [1.165, 1.54) is 32.9 Å². The molecule has 0 amide bonds. The lowest BCUT2D eigenvalue weighted by Gasteiger charge is -2.16. The molecule has 0 aliphatic carbocycles. The van der Waals surface area contributed by atoms with Crippen molar-refractivity contribution in [1.29, 1.82) is 5.26 Å². The minimum absolute atomic E-state index is 0.677. The van der Waals surface area contributed by atoms with Gasteiger partial charge >= 0.3 is 0 Å². The first-order chi connectivity index (χ1) is 14.6. The summed E-state index contributed by atoms with van der Waals surface area (Å²) < 4.78 is 2.37. The van der Waals surface area contributed by atoms with Crippen molar-refractivity contribution in [3.63, 3.8) is 0 Å². The van der Waals surface area contributed by atoms with Gasteiger partial charge in [-0.2, -0.15) is 5.26 Å². The van der Waals surface area contributed by atoms with Gasteiger partial charge in [0.1, 0.15) is 0 Å². The zero-order valence-electron chi connectivity index (χ0n) is 17.3. The molecule has 144 valence electrons. The fraction of sp³-hybridized carbons (Fsp3) is 0.111. The van der Waals surface area contributed by atoms with E-state index in [2.05, 4.69) is 78.9 Å². The van der Waals surface area contributed by atoms with Crippen LogP contribution in [-0.2, 0) is 0 Å². The van der Waals surface area contributed by atoms with Crippen molar-refractivity contribution in [1.82, 2.24) is 9.55 Å². The van der Waals surface area contributed by atoms with Crippen LogP contribution in [0.1, 0.15) is 22.3 Å². The Labute approximate surface area is 175 Å². The van der Waals surface area contributed by atoms with Gasteiger partial charge in [-0.25, -0.2) is 0 Å². The van der Waals surface area contributed by atoms with Gasteiger partial charge in [0.25, 0.3) is 0 Å². The van der Waals surface area contributed by atoms with Crippen LogP contribution in [0.4, 0.5) is 0 Å². The average molecular weight is 387 g/mol. The van der Waals surface area contributed by atoms with Crippen LogP contribution < -0.4 is 0 Å². The summed E-state index contributed by atoms with van der Waals surface area (Å²) in [4.78, 5) is 4.13. The average Bonchev–Trinajstić information content (AvgIpc) is 3.11. The number of hydrogen-bond acceptors (Lipinski definition) is 2. The van der Waals surface area contributed by atoms with Crippen molar-refractivity contribution in [3.8, 4) is 22.9 Å². The third-order valence-electron chi connectivity index (χ3n) is 5.90. The molecule has 30 heavy (non-hydrogen) atoms. The normalized spacial score (nSPS) is 11.1. The predicted molar refractivity (Wildman–Crippen MR) is 123 cm³/mol. The van der Waals surface area contributed by atoms with E-state index in [1.807, 2.05) is 18.2 Å². The Kier molecular flexibility index (Phi) is 4.15. The lowest BCUT2D eigenvalue weighted by Crippen LogP contribution is -2.01. The molecule has 0 fully saturated rings. The van der Waals surface area contributed by atoms with E-state index in [-0.39, 0.29) is 0 Å². The molecule has 0 saturated heterocycles. The van der Waals surface area contributed by atoms with Gasteiger partial charge in [-0.1, -0.05) is 36.4 Å². The van der Waals surface area contributed by atoms with Crippen molar-refractivity contribution in [2.24, 2.45) is 0 Å². The molecule has 0 aliphatic rings. The standard InChI is InChI=1S/C27H21N3/c1-17-6-4-8-22-23-9-5-7-18(2)27(23)30(26(17)22)25-15-24(20-10-12-29-13-11-20)21(16-28)14-19(25)3/h4-15H,1-3H3. The molecule has 0 spiro atoms. The SMILES string of the molecule is Cc1cc(C#N)c(-c2ccncc2)cc1-n1c2c(C)cccc2c2cccc(C)c21. The number of nitriles is 1. The number of hydrogen-bond donors (Lipinski definition) is 0. The molecule has 0 bridgehead atoms. The molecule has 0 saturated carbocycles. The summed E-state index contributed by atoms with van der Waals surface area (Å²) >= 11 is 0. The Morgan fingerprint density at radius 1 is 0.767 bits per heavy atom. The van der Waals surface area contributed by atoms with Crippen LogP contribution in [0.3, 0.4) is 0 Å². The zero-order chi connectivity index (χ0) is 20.8. The lowest BCUT2D eigenvalue weighted by molar-refractivity contribution is 1.13. The Balaban J connectivity index is 1.95. The van der Waals surface area contributed by atoms with E-state index in [0.717, 1.165) is 22.4 Å². The van der Waals surface area contributed by atoms with E-state index < -0.39 is 0 Å². The highest BCUT2D eigenvalue weighted by Gasteiger charge is 2.18. The maximum Gasteiger partial charge on any atom is 0.0998 e. The number of aryl methyl sites for hydroxylation is 3. The number of pyridine rings is 1. The first-order valence-electron chi connectivity index (χ1n) is 10.0. The molecule has 0 unspecified atom stereocenters. The molecular formula is C27H21N3. The number of benzene rings is 3. The molecule has 0 radical (unpaired) electrons. The van der Waals surface area contributed by atoms with E-state index in [9.17, 15) is 5.26 Å². The highest BCUT2D eigenvalue weighted by Crippen LogP contribution is 2.38. The second kappa shape index (κ2) is 6.86. The van der Waals surface area contributed by atoms with Crippen LogP contribution in [-0.4, -0.2) is 9.55 Å². The summed E-state index contributed by atoms with van der Waals surface area (Å²) in [5.41, 5.74) is 9.69. The first-order valence-corrected chi connectivity index (χ1v) is 10.0. The Hall–Kier alpha value is -3.90. The van der Waals surface area contributed by atoms with Gasteiger partial charge < -0.3 is 4.57 Å². The quantitative estimate of drug-likeness (QED) is 0.340. The highest BCUT2D eigenvalue weighted by molar-refractivity contribution is 6.11. The minimum atomic E-state index is 0.677. The molecule has 3 heteroatoms. The summed E-state index contributed by atoms with van der Waals surface area (Å²) in [6, 6.07) is 23.4. The third kappa shape index (κ3) is 2.62. The largest absolute Gasteiger partial charge is 0.308 e. The Bertz CT molecular complexity index is 1410. The Morgan fingerprint density at radius 2 is 1.37 bits per heavy atom. The molecule has 2 aromatic heterocycles. The van der Waals surface area contributed by atoms with Gasteiger partial charge in [-0.3, -0.25) is 4.98 Å². The number of aromatic nitrogens is 2. The predicted octanol–water partition coefficient (Wildman–Crippen LogP) is 6.64. The van der Waals surface area contributed by atoms with Crippen molar-refractivity contribution >= 4 is 21.8 Å². The molecule has 2 heterocycles. The van der Waals surface area contributed by atoms with Crippen molar-refractivity contribution in [2.45, 2.75) is 20.8 Å². The maximum atomic E-state index is 9.78. The number of para-hydroxylation sites is 2. The molecule has 0 aliphatic heterocycles. The van der Waals surface area contributed by atoms with Gasteiger partial charge in [-0.05, 0) is 67.3 Å². The van der Waals surface area contributed by atoms with Crippen LogP contribution in [0.5, 0.6) is 0 Å². The van der Waals surface area contributed by atoms with Gasteiger partial charge in [0.2, 0.25) is 0 Å². The molecule has 5 rings (SSSR count). The molecule has 3 nitrogen and oxygen atoms in total. The zero-order valence-corrected chi connectivity index (χ0v) is 17.3. The van der Waals surface area contributed by atoms with E-state index in [4.69, 9.17) is 0 Å². The van der Waals surface area contributed by atoms with Crippen LogP contribution in [0, 0.1) is 32.1 Å². The monoisotopic (exact) mass is 387 g/mol. The van der Waals surface area contributed by atoms with Gasteiger partial charge in [-0.15, -0.1) is 0 Å². The fourth-order valence-electron chi connectivity index (χ4n) is 4.50. The van der Waals surface area contributed by atoms with E-state index >= 15 is 0 Å². The summed E-state index contributed by atoms with van der Waals surface area (Å²) in [5, 5.41) is 12.3. The van der Waals surface area contributed by atoms with E-state index in [0.29, 0.717) is 5.56 Å². The van der Waals surface area contributed by atoms with Gasteiger partial charge in [0, 0.05) is 34.4 Å². The summed E-state index contributed by atoms with van der Waals surface area (Å²) in [6.07, 6.45) is 3.54. The van der Waals surface area contributed by atoms with Crippen LogP contribution in [0.15, 0.2) is 73.1 Å². The van der Waals surface area contributed by atoms with Crippen LogP contribution >= 0.6 is 0 Å². The Morgan fingerprint density at radius 3 is 1.93 bits per heavy atom. The van der Waals surface area contributed by atoms with E-state index in [1.54, 1.807) is 12.4 Å². The van der Waals surface area contributed by atoms with Crippen LogP contribution in [0.25, 0.3) is 38.6 Å². The van der Waals surface area contributed by atoms with Crippen molar-refractivity contribution in [2.75, 3.05) is 0 Å². The second-order valence-corrected chi connectivity index (χ2v) is 7.81. The fourth-order valence-corrected chi connectivity index (χ4v) is 4.50. The number of rotatable bonds is 2. The summed E-state index contributed by atoms with van der Waals surface area (Å²) in [5.74, 6) is 0. The molecule has 3 aromatic carbocycles. The summed E-state index contributed by atoms with van der Waals surface area (Å²) in [7, 11) is 0. The van der Waals surface area contributed by atoms with Gasteiger partial charge in [0.05, 0.1) is 22.7 Å². The second-order valence-electron chi connectivity index (χ2n) is 7.81. The smallest absolute Gasteiger partial charge is 0.0998 e. The number of nitrogens with zero attached hydrogens (tertiary/aromatic N) is 3. The van der Waals surface area contributed by atoms with Gasteiger partial charge in [0.15, 0.2) is 0 Å². The van der Waals surface area contributed by atoms with Crippen molar-refractivity contribution in [3.05, 3.63) is 95.3 Å². The highest BCUT2D eigenvalue weighted by atomic mass is 15.0. The maximum absolute atomic E-state index is 9.78. The summed E-state index contributed by atoms with van der Waals surface area (Å²) in [6.45, 7) is 6.41. The number of fused-ring (bicyclic) bond motifs is 3. The lowest BCUT2D eigenvalue weighted by atomic mass is 9.97. The molecule has 5 aromatic rings. The molecular weight excluding hydrogens is 366 g/mol. The molecule has 0 atom stereocenters.